The molecule has 2 unspecified atom stereocenters. The highest BCUT2D eigenvalue weighted by Crippen LogP contribution is 2.25. The summed E-state index contributed by atoms with van der Waals surface area (Å²) in [6, 6.07) is 1.67. The average molecular weight is 244 g/mol. The van der Waals surface area contributed by atoms with Crippen molar-refractivity contribution in [2.45, 2.75) is 12.2 Å². The second-order valence-corrected chi connectivity index (χ2v) is 3.51. The van der Waals surface area contributed by atoms with E-state index in [9.17, 15) is 19.4 Å². The van der Waals surface area contributed by atoms with Crippen molar-refractivity contribution < 1.29 is 24.5 Å². The van der Waals surface area contributed by atoms with Crippen molar-refractivity contribution in [1.29, 1.82) is 0 Å². The molecule has 1 aromatic carbocycles. The first-order valence-corrected chi connectivity index (χ1v) is 4.76. The molecule has 0 saturated carbocycles. The number of nitrogens with two attached hydrogens (primary N) is 2. The molecule has 0 saturated heterocycles. The number of nitrogen functional groups attached to an aromatic ring is 1. The first-order valence-electron chi connectivity index (χ1n) is 4.76. The fraction of sp³-hybridized carbons (Fsp3) is 0.300. The molecule has 1 rings (SSSR count). The van der Waals surface area contributed by atoms with E-state index in [1.165, 1.54) is 0 Å². The quantitative estimate of drug-likeness (QED) is 0.452. The summed E-state index contributed by atoms with van der Waals surface area (Å²) in [6.45, 7) is -0.284. The van der Waals surface area contributed by atoms with Crippen molar-refractivity contribution >= 4 is 11.7 Å². The van der Waals surface area contributed by atoms with Gasteiger partial charge in [0.1, 0.15) is 11.9 Å². The third-order valence-electron chi connectivity index (χ3n) is 2.32. The van der Waals surface area contributed by atoms with E-state index in [2.05, 4.69) is 0 Å². The van der Waals surface area contributed by atoms with Crippen LogP contribution in [-0.4, -0.2) is 33.9 Å². The Balaban J connectivity index is 3.24. The van der Waals surface area contributed by atoms with Crippen LogP contribution < -0.4 is 11.5 Å². The van der Waals surface area contributed by atoms with Crippen LogP contribution in [0, 0.1) is 5.82 Å². The van der Waals surface area contributed by atoms with Crippen LogP contribution in [0.15, 0.2) is 12.1 Å². The summed E-state index contributed by atoms with van der Waals surface area (Å²) >= 11 is 0. The number of halogens is 1. The van der Waals surface area contributed by atoms with E-state index in [4.69, 9.17) is 16.6 Å². The molecule has 0 amide bonds. The molecule has 2 atom stereocenters. The second kappa shape index (κ2) is 5.09. The molecule has 7 heteroatoms. The summed E-state index contributed by atoms with van der Waals surface area (Å²) in [7, 11) is 0. The SMILES string of the molecule is NCC(O)C(O)c1cc(C(=O)O)c(N)cc1F. The minimum atomic E-state index is -1.60. The predicted octanol–water partition coefficient (Wildman–Crippen LogP) is -0.541. The van der Waals surface area contributed by atoms with E-state index in [-0.39, 0.29) is 23.4 Å². The van der Waals surface area contributed by atoms with Crippen molar-refractivity contribution in [2.75, 3.05) is 12.3 Å². The van der Waals surface area contributed by atoms with Gasteiger partial charge < -0.3 is 26.8 Å². The zero-order chi connectivity index (χ0) is 13.2. The maximum Gasteiger partial charge on any atom is 0.337 e. The number of carboxylic acids is 1. The van der Waals surface area contributed by atoms with E-state index >= 15 is 0 Å². The lowest BCUT2D eigenvalue weighted by Crippen LogP contribution is -2.28. The molecule has 0 aliphatic heterocycles. The zero-order valence-electron chi connectivity index (χ0n) is 8.80. The lowest BCUT2D eigenvalue weighted by molar-refractivity contribution is 0.0221. The second-order valence-electron chi connectivity index (χ2n) is 3.51. The van der Waals surface area contributed by atoms with Gasteiger partial charge in [0.25, 0.3) is 0 Å². The van der Waals surface area contributed by atoms with Gasteiger partial charge in [-0.25, -0.2) is 9.18 Å². The van der Waals surface area contributed by atoms with Crippen LogP contribution in [0.3, 0.4) is 0 Å². The number of benzene rings is 1. The Morgan fingerprint density at radius 2 is 2.00 bits per heavy atom. The highest BCUT2D eigenvalue weighted by atomic mass is 19.1. The normalized spacial score (nSPS) is 14.4. The van der Waals surface area contributed by atoms with Crippen molar-refractivity contribution in [2.24, 2.45) is 5.73 Å². The summed E-state index contributed by atoms with van der Waals surface area (Å²) in [6.07, 6.45) is -2.98. The summed E-state index contributed by atoms with van der Waals surface area (Å²) in [5.41, 5.74) is 9.47. The number of aliphatic hydroxyl groups is 2. The van der Waals surface area contributed by atoms with Crippen LogP contribution in [0.25, 0.3) is 0 Å². The Morgan fingerprint density at radius 1 is 1.41 bits per heavy atom. The van der Waals surface area contributed by atoms with E-state index in [0.29, 0.717) is 0 Å². The highest BCUT2D eigenvalue weighted by molar-refractivity contribution is 5.93. The Morgan fingerprint density at radius 3 is 2.47 bits per heavy atom. The number of aliphatic hydroxyl groups excluding tert-OH is 2. The monoisotopic (exact) mass is 244 g/mol. The van der Waals surface area contributed by atoms with Gasteiger partial charge in [0, 0.05) is 17.8 Å². The van der Waals surface area contributed by atoms with Crippen LogP contribution in [0.1, 0.15) is 22.0 Å². The molecule has 1 aromatic rings. The maximum atomic E-state index is 13.5. The number of rotatable bonds is 4. The minimum Gasteiger partial charge on any atom is -0.478 e. The standard InChI is InChI=1S/C10H13FN2O4/c11-6-2-7(13)5(10(16)17)1-4(6)9(15)8(14)3-12/h1-2,8-9,14-15H,3,12-13H2,(H,16,17). The van der Waals surface area contributed by atoms with E-state index < -0.39 is 24.0 Å². The van der Waals surface area contributed by atoms with Gasteiger partial charge >= 0.3 is 5.97 Å². The summed E-state index contributed by atoms with van der Waals surface area (Å²) in [5.74, 6) is -2.24. The first kappa shape index (κ1) is 13.4. The molecule has 0 aromatic heterocycles. The number of anilines is 1. The number of aromatic carboxylic acids is 1. The molecule has 7 N–H and O–H groups in total. The number of carbonyl (C=O) groups is 1. The molecule has 0 heterocycles. The van der Waals surface area contributed by atoms with E-state index in [1.807, 2.05) is 0 Å². The van der Waals surface area contributed by atoms with Crippen LogP contribution >= 0.6 is 0 Å². The molecule has 0 aliphatic rings. The lowest BCUT2D eigenvalue weighted by atomic mass is 10.00. The van der Waals surface area contributed by atoms with Crippen LogP contribution in [0.4, 0.5) is 10.1 Å². The number of hydrogen-bond acceptors (Lipinski definition) is 5. The maximum absolute atomic E-state index is 13.5. The molecule has 0 aliphatic carbocycles. The van der Waals surface area contributed by atoms with Gasteiger partial charge in [-0.15, -0.1) is 0 Å². The molecule has 6 nitrogen and oxygen atoms in total. The third kappa shape index (κ3) is 2.70. The predicted molar refractivity (Wildman–Crippen MR) is 57.8 cm³/mol. The zero-order valence-corrected chi connectivity index (χ0v) is 8.80. The van der Waals surface area contributed by atoms with Crippen LogP contribution in [0.2, 0.25) is 0 Å². The molecular formula is C10H13FN2O4. The number of hydrogen-bond donors (Lipinski definition) is 5. The largest absolute Gasteiger partial charge is 0.478 e. The minimum absolute atomic E-state index is 0.256. The molecule has 0 fully saturated rings. The van der Waals surface area contributed by atoms with Crippen LogP contribution in [-0.2, 0) is 0 Å². The van der Waals surface area contributed by atoms with Gasteiger partial charge in [0.05, 0.1) is 11.7 Å². The summed E-state index contributed by atoms with van der Waals surface area (Å²) in [4.78, 5) is 10.8. The van der Waals surface area contributed by atoms with Gasteiger partial charge in [-0.3, -0.25) is 0 Å². The van der Waals surface area contributed by atoms with E-state index in [1.54, 1.807) is 0 Å². The van der Waals surface area contributed by atoms with Crippen molar-refractivity contribution in [3.8, 4) is 0 Å². The van der Waals surface area contributed by atoms with Gasteiger partial charge in [-0.05, 0) is 12.1 Å². The first-order chi connectivity index (χ1) is 7.88. The Kier molecular flexibility index (Phi) is 4.00. The average Bonchev–Trinajstić information content (AvgIpc) is 2.26. The lowest BCUT2D eigenvalue weighted by Gasteiger charge is -2.18. The fourth-order valence-electron chi connectivity index (χ4n) is 1.35. The van der Waals surface area contributed by atoms with Crippen molar-refractivity contribution in [3.63, 3.8) is 0 Å². The van der Waals surface area contributed by atoms with E-state index in [0.717, 1.165) is 12.1 Å². The van der Waals surface area contributed by atoms with Gasteiger partial charge in [-0.2, -0.15) is 0 Å². The molecule has 94 valence electrons. The third-order valence-corrected chi connectivity index (χ3v) is 2.32. The van der Waals surface area contributed by atoms with Gasteiger partial charge in [-0.1, -0.05) is 0 Å². The topological polar surface area (TPSA) is 130 Å². The molecular weight excluding hydrogens is 231 g/mol. The van der Waals surface area contributed by atoms with Crippen molar-refractivity contribution in [1.82, 2.24) is 0 Å². The van der Waals surface area contributed by atoms with Gasteiger partial charge in [0.2, 0.25) is 0 Å². The summed E-state index contributed by atoms with van der Waals surface area (Å²) < 4.78 is 13.5. The Bertz CT molecular complexity index is 439. The number of carboxylic acid groups (broad SMARTS) is 1. The molecule has 17 heavy (non-hydrogen) atoms. The molecule has 0 spiro atoms. The Hall–Kier alpha value is -1.70. The van der Waals surface area contributed by atoms with Gasteiger partial charge in [0.15, 0.2) is 0 Å². The highest BCUT2D eigenvalue weighted by Gasteiger charge is 2.23. The Labute approximate surface area is 96.3 Å². The smallest absolute Gasteiger partial charge is 0.337 e. The molecule has 0 radical (unpaired) electrons. The van der Waals surface area contributed by atoms with Crippen LogP contribution in [0.5, 0.6) is 0 Å². The van der Waals surface area contributed by atoms with Crippen molar-refractivity contribution in [3.05, 3.63) is 29.1 Å². The fourth-order valence-corrected chi connectivity index (χ4v) is 1.35. The summed E-state index contributed by atoms with van der Waals surface area (Å²) in [5, 5.41) is 27.6. The molecule has 0 bridgehead atoms.